The third-order valence-electron chi connectivity index (χ3n) is 7.96. The van der Waals surface area contributed by atoms with Gasteiger partial charge in [-0.1, -0.05) is 72.3 Å². The minimum Gasteiger partial charge on any atom is -0.349 e. The smallest absolute Gasteiger partial charge is 0.243 e. The van der Waals surface area contributed by atoms with E-state index in [1.54, 1.807) is 47.5 Å². The van der Waals surface area contributed by atoms with Crippen LogP contribution in [0.2, 0.25) is 5.02 Å². The number of aryl methyl sites for hydroxylation is 1. The molecule has 1 aliphatic rings. The summed E-state index contributed by atoms with van der Waals surface area (Å²) < 4.78 is 27.4. The molecular formula is C35H37ClN4O4S. The van der Waals surface area contributed by atoms with Crippen molar-refractivity contribution < 1.29 is 18.0 Å². The first-order chi connectivity index (χ1) is 21.8. The van der Waals surface area contributed by atoms with Gasteiger partial charge in [-0.05, 0) is 72.4 Å². The van der Waals surface area contributed by atoms with E-state index in [-0.39, 0.29) is 36.2 Å². The van der Waals surface area contributed by atoms with Crippen molar-refractivity contribution in [3.05, 3.63) is 131 Å². The van der Waals surface area contributed by atoms with Gasteiger partial charge in [0.2, 0.25) is 21.8 Å². The van der Waals surface area contributed by atoms with E-state index in [2.05, 4.69) is 10.3 Å². The van der Waals surface area contributed by atoms with E-state index in [0.717, 1.165) is 35.2 Å². The molecule has 0 aliphatic carbocycles. The second-order valence-corrected chi connectivity index (χ2v) is 13.5. The molecule has 45 heavy (non-hydrogen) atoms. The molecule has 10 heteroatoms. The predicted molar refractivity (Wildman–Crippen MR) is 175 cm³/mol. The van der Waals surface area contributed by atoms with E-state index >= 15 is 0 Å². The quantitative estimate of drug-likeness (QED) is 0.210. The number of benzene rings is 3. The van der Waals surface area contributed by atoms with Gasteiger partial charge in [-0.3, -0.25) is 14.6 Å². The average molecular weight is 645 g/mol. The summed E-state index contributed by atoms with van der Waals surface area (Å²) in [7, 11) is -3.51. The van der Waals surface area contributed by atoms with Crippen molar-refractivity contribution in [2.24, 2.45) is 0 Å². The molecule has 1 fully saturated rings. The lowest BCUT2D eigenvalue weighted by Gasteiger charge is -2.31. The molecule has 1 aromatic heterocycles. The highest BCUT2D eigenvalue weighted by Gasteiger charge is 2.31. The van der Waals surface area contributed by atoms with E-state index in [4.69, 9.17) is 11.6 Å². The molecule has 1 aliphatic heterocycles. The first-order valence-electron chi connectivity index (χ1n) is 15.1. The summed E-state index contributed by atoms with van der Waals surface area (Å²) in [6, 6.07) is 28.4. The topological polar surface area (TPSA) is 99.7 Å². The van der Waals surface area contributed by atoms with Crippen LogP contribution in [0, 0.1) is 0 Å². The number of sulfonamides is 1. The molecule has 0 bridgehead atoms. The number of hydrogen-bond acceptors (Lipinski definition) is 5. The lowest BCUT2D eigenvalue weighted by molar-refractivity contribution is -0.141. The van der Waals surface area contributed by atoms with E-state index in [9.17, 15) is 18.0 Å². The average Bonchev–Trinajstić information content (AvgIpc) is 3.63. The lowest BCUT2D eigenvalue weighted by Crippen LogP contribution is -2.50. The highest BCUT2D eigenvalue weighted by atomic mass is 35.5. The van der Waals surface area contributed by atoms with Crippen molar-refractivity contribution in [3.8, 4) is 0 Å². The van der Waals surface area contributed by atoms with Crippen LogP contribution in [0.5, 0.6) is 0 Å². The molecule has 4 aromatic rings. The van der Waals surface area contributed by atoms with Crippen LogP contribution < -0.4 is 5.32 Å². The number of carbonyl (C=O) groups is 2. The number of pyridine rings is 1. The van der Waals surface area contributed by atoms with Gasteiger partial charge in [0.1, 0.15) is 6.04 Å². The van der Waals surface area contributed by atoms with Crippen LogP contribution >= 0.6 is 11.6 Å². The van der Waals surface area contributed by atoms with Crippen molar-refractivity contribution in [2.75, 3.05) is 13.1 Å². The number of nitrogens with one attached hydrogen (secondary N) is 1. The van der Waals surface area contributed by atoms with Crippen LogP contribution in [0.4, 0.5) is 0 Å². The summed E-state index contributed by atoms with van der Waals surface area (Å²) in [4.78, 5) is 34.0. The summed E-state index contributed by atoms with van der Waals surface area (Å²) in [5.74, 6) is -0.462. The van der Waals surface area contributed by atoms with Crippen molar-refractivity contribution >= 4 is 33.4 Å². The maximum absolute atomic E-state index is 14.0. The highest BCUT2D eigenvalue weighted by molar-refractivity contribution is 7.89. The van der Waals surface area contributed by atoms with E-state index in [0.29, 0.717) is 31.0 Å². The van der Waals surface area contributed by atoms with Crippen LogP contribution in [0.3, 0.4) is 0 Å². The molecule has 1 N–H and O–H groups in total. The second-order valence-electron chi connectivity index (χ2n) is 11.1. The minimum atomic E-state index is -3.51. The summed E-state index contributed by atoms with van der Waals surface area (Å²) in [6.07, 6.45) is 4.29. The molecule has 3 aromatic carbocycles. The Morgan fingerprint density at radius 2 is 1.51 bits per heavy atom. The molecule has 1 atom stereocenters. The van der Waals surface area contributed by atoms with Gasteiger partial charge in [-0.15, -0.1) is 0 Å². The molecule has 0 saturated carbocycles. The van der Waals surface area contributed by atoms with Crippen LogP contribution in [-0.2, 0) is 45.5 Å². The Bertz CT molecular complexity index is 1660. The maximum atomic E-state index is 14.0. The largest absolute Gasteiger partial charge is 0.349 e. The van der Waals surface area contributed by atoms with Gasteiger partial charge in [-0.2, -0.15) is 4.31 Å². The zero-order chi connectivity index (χ0) is 31.6. The Morgan fingerprint density at radius 3 is 2.18 bits per heavy atom. The van der Waals surface area contributed by atoms with Crippen molar-refractivity contribution in [3.63, 3.8) is 0 Å². The van der Waals surface area contributed by atoms with Crippen molar-refractivity contribution in [1.29, 1.82) is 0 Å². The summed E-state index contributed by atoms with van der Waals surface area (Å²) in [6.45, 7) is 1.54. The van der Waals surface area contributed by atoms with Crippen LogP contribution in [0.15, 0.2) is 108 Å². The minimum absolute atomic E-state index is 0.143. The standard InChI is InChI=1S/C35H37ClN4O4S/c36-30-16-11-29(12-17-30)26-40(33(24-28-8-2-1-3-9-28)35(42)38-25-31-10-4-5-21-37-31)34(41)20-15-27-13-18-32(19-14-27)45(43,44)39-22-6-7-23-39/h1-5,8-14,16-19,21,33H,6-7,15,20,22-26H2,(H,38,42)/t33-/m0/s1. The lowest BCUT2D eigenvalue weighted by atomic mass is 10.0. The Labute approximate surface area is 270 Å². The molecule has 0 unspecified atom stereocenters. The fraction of sp³-hybridized carbons (Fsp3) is 0.286. The van der Waals surface area contributed by atoms with E-state index in [1.807, 2.05) is 60.7 Å². The van der Waals surface area contributed by atoms with Gasteiger partial charge in [0.25, 0.3) is 0 Å². The number of halogens is 1. The number of hydrogen-bond donors (Lipinski definition) is 1. The molecule has 8 nitrogen and oxygen atoms in total. The predicted octanol–water partition coefficient (Wildman–Crippen LogP) is 5.41. The van der Waals surface area contributed by atoms with Crippen molar-refractivity contribution in [2.45, 2.75) is 56.1 Å². The summed E-state index contributed by atoms with van der Waals surface area (Å²) in [5, 5.41) is 3.57. The molecule has 2 heterocycles. The van der Waals surface area contributed by atoms with Gasteiger partial charge in [0.15, 0.2) is 0 Å². The second kappa shape index (κ2) is 15.3. The number of rotatable bonds is 13. The molecule has 2 amide bonds. The summed E-state index contributed by atoms with van der Waals surface area (Å²) >= 11 is 6.13. The molecule has 0 radical (unpaired) electrons. The Balaban J connectivity index is 1.36. The molecular weight excluding hydrogens is 608 g/mol. The third-order valence-corrected chi connectivity index (χ3v) is 10.1. The Hall–Kier alpha value is -4.05. The fourth-order valence-corrected chi connectivity index (χ4v) is 7.08. The van der Waals surface area contributed by atoms with Gasteiger partial charge in [0, 0.05) is 43.7 Å². The third kappa shape index (κ3) is 8.78. The molecule has 1 saturated heterocycles. The molecule has 0 spiro atoms. The monoisotopic (exact) mass is 644 g/mol. The zero-order valence-electron chi connectivity index (χ0n) is 25.0. The molecule has 234 valence electrons. The first kappa shape index (κ1) is 32.3. The maximum Gasteiger partial charge on any atom is 0.243 e. The Kier molecular flexibility index (Phi) is 11.0. The zero-order valence-corrected chi connectivity index (χ0v) is 26.6. The van der Waals surface area contributed by atoms with E-state index < -0.39 is 16.1 Å². The normalized spacial score (nSPS) is 14.2. The van der Waals surface area contributed by atoms with Gasteiger partial charge < -0.3 is 10.2 Å². The van der Waals surface area contributed by atoms with Crippen LogP contribution in [-0.4, -0.2) is 53.6 Å². The summed E-state index contributed by atoms with van der Waals surface area (Å²) in [5.41, 5.74) is 3.34. The number of carbonyl (C=O) groups excluding carboxylic acids is 2. The number of nitrogens with zero attached hydrogens (tertiary/aromatic N) is 3. The van der Waals surface area contributed by atoms with Gasteiger partial charge in [0.05, 0.1) is 17.1 Å². The van der Waals surface area contributed by atoms with Crippen LogP contribution in [0.1, 0.15) is 41.6 Å². The SMILES string of the molecule is O=C(NCc1ccccn1)[C@H](Cc1ccccc1)N(Cc1ccc(Cl)cc1)C(=O)CCc1ccc(S(=O)(=O)N2CCCC2)cc1. The van der Waals surface area contributed by atoms with Crippen LogP contribution in [0.25, 0.3) is 0 Å². The van der Waals surface area contributed by atoms with Gasteiger partial charge in [-0.25, -0.2) is 8.42 Å². The fourth-order valence-electron chi connectivity index (χ4n) is 5.44. The van der Waals surface area contributed by atoms with E-state index in [1.165, 1.54) is 4.31 Å². The highest BCUT2D eigenvalue weighted by Crippen LogP contribution is 2.22. The van der Waals surface area contributed by atoms with Crippen molar-refractivity contribution in [1.82, 2.24) is 19.5 Å². The number of aromatic nitrogens is 1. The molecule has 5 rings (SSSR count). The first-order valence-corrected chi connectivity index (χ1v) is 17.0. The van der Waals surface area contributed by atoms with Gasteiger partial charge >= 0.3 is 0 Å². The number of amides is 2. The Morgan fingerprint density at radius 1 is 0.844 bits per heavy atom.